The fourth-order valence-corrected chi connectivity index (χ4v) is 3.31. The van der Waals surface area contributed by atoms with E-state index >= 15 is 0 Å². The minimum absolute atomic E-state index is 0.431. The second kappa shape index (κ2) is 6.52. The molecule has 0 bridgehead atoms. The maximum Gasteiger partial charge on any atom is 0.178 e. The lowest BCUT2D eigenvalue weighted by Gasteiger charge is -2.13. The monoisotopic (exact) mass is 299 g/mol. The second-order valence-electron chi connectivity index (χ2n) is 4.06. The van der Waals surface area contributed by atoms with E-state index in [1.165, 1.54) is 11.3 Å². The highest BCUT2D eigenvalue weighted by Crippen LogP contribution is 2.34. The van der Waals surface area contributed by atoms with Crippen LogP contribution in [0.2, 0.25) is 5.02 Å². The number of nitrogens with one attached hydrogen (secondary N) is 1. The Balaban J connectivity index is 2.20. The molecule has 2 rings (SSSR count). The van der Waals surface area contributed by atoms with Gasteiger partial charge in [-0.2, -0.15) is 0 Å². The van der Waals surface area contributed by atoms with Crippen molar-refractivity contribution in [2.24, 2.45) is 0 Å². The van der Waals surface area contributed by atoms with Gasteiger partial charge in [0.1, 0.15) is 5.51 Å². The van der Waals surface area contributed by atoms with Crippen LogP contribution in [0.3, 0.4) is 0 Å². The van der Waals surface area contributed by atoms with Crippen molar-refractivity contribution in [2.45, 2.75) is 35.7 Å². The van der Waals surface area contributed by atoms with Crippen molar-refractivity contribution in [3.63, 3.8) is 0 Å². The highest BCUT2D eigenvalue weighted by atomic mass is 35.5. The van der Waals surface area contributed by atoms with E-state index in [0.717, 1.165) is 26.4 Å². The fourth-order valence-electron chi connectivity index (χ4n) is 1.41. The minimum atomic E-state index is 0.431. The summed E-state index contributed by atoms with van der Waals surface area (Å²) in [7, 11) is 0. The summed E-state index contributed by atoms with van der Waals surface area (Å²) in [6.07, 6.45) is 0. The lowest BCUT2D eigenvalue weighted by molar-refractivity contribution is 0.585. The number of halogens is 1. The van der Waals surface area contributed by atoms with E-state index in [-0.39, 0.29) is 0 Å². The maximum atomic E-state index is 6.27. The Morgan fingerprint density at radius 1 is 1.44 bits per heavy atom. The molecule has 2 aromatic rings. The van der Waals surface area contributed by atoms with Crippen LogP contribution in [0.1, 0.15) is 19.4 Å². The molecule has 1 aromatic carbocycles. The predicted molar refractivity (Wildman–Crippen MR) is 77.5 cm³/mol. The standard InChI is InChI=1S/C12H14ClN3S2/c1-8(2)14-6-9-10(13)4-3-5-11(9)18-12-16-15-7-17-12/h3-5,7-8,14H,6H2,1-2H3. The second-order valence-corrected chi connectivity index (χ2v) is 6.59. The van der Waals surface area contributed by atoms with Gasteiger partial charge in [0.2, 0.25) is 0 Å². The van der Waals surface area contributed by atoms with Crippen molar-refractivity contribution in [2.75, 3.05) is 0 Å². The SMILES string of the molecule is CC(C)NCc1c(Cl)cccc1Sc1nncs1. The van der Waals surface area contributed by atoms with Gasteiger partial charge in [-0.25, -0.2) is 0 Å². The van der Waals surface area contributed by atoms with Crippen LogP contribution >= 0.6 is 34.7 Å². The third-order valence-electron chi connectivity index (χ3n) is 2.30. The van der Waals surface area contributed by atoms with Crippen molar-refractivity contribution in [1.29, 1.82) is 0 Å². The van der Waals surface area contributed by atoms with Crippen molar-refractivity contribution in [1.82, 2.24) is 15.5 Å². The third kappa shape index (κ3) is 3.68. The molecule has 0 fully saturated rings. The summed E-state index contributed by atoms with van der Waals surface area (Å²) in [5.41, 5.74) is 2.85. The molecule has 1 aromatic heterocycles. The van der Waals surface area contributed by atoms with Gasteiger partial charge in [0.15, 0.2) is 4.34 Å². The van der Waals surface area contributed by atoms with E-state index in [1.54, 1.807) is 17.3 Å². The van der Waals surface area contributed by atoms with Crippen LogP contribution in [-0.4, -0.2) is 16.2 Å². The molecule has 18 heavy (non-hydrogen) atoms. The molecule has 0 unspecified atom stereocenters. The van der Waals surface area contributed by atoms with Crippen LogP contribution in [0.5, 0.6) is 0 Å². The molecule has 0 aliphatic rings. The van der Waals surface area contributed by atoms with Gasteiger partial charge < -0.3 is 5.32 Å². The van der Waals surface area contributed by atoms with Crippen LogP contribution in [-0.2, 0) is 6.54 Å². The summed E-state index contributed by atoms with van der Waals surface area (Å²) in [6, 6.07) is 6.38. The molecule has 1 heterocycles. The molecular formula is C12H14ClN3S2. The lowest BCUT2D eigenvalue weighted by Crippen LogP contribution is -2.22. The van der Waals surface area contributed by atoms with E-state index in [4.69, 9.17) is 11.6 Å². The molecule has 0 saturated heterocycles. The Labute approximate surface area is 120 Å². The molecule has 0 aliphatic carbocycles. The quantitative estimate of drug-likeness (QED) is 0.910. The molecule has 0 spiro atoms. The number of nitrogens with zero attached hydrogens (tertiary/aromatic N) is 2. The zero-order valence-corrected chi connectivity index (χ0v) is 12.6. The lowest BCUT2D eigenvalue weighted by atomic mass is 10.2. The van der Waals surface area contributed by atoms with Crippen LogP contribution in [0.25, 0.3) is 0 Å². The van der Waals surface area contributed by atoms with Crippen LogP contribution in [0.4, 0.5) is 0 Å². The first-order chi connectivity index (χ1) is 8.66. The van der Waals surface area contributed by atoms with Crippen molar-refractivity contribution in [3.05, 3.63) is 34.3 Å². The number of aromatic nitrogens is 2. The molecule has 0 amide bonds. The fraction of sp³-hybridized carbons (Fsp3) is 0.333. The van der Waals surface area contributed by atoms with Crippen LogP contribution < -0.4 is 5.32 Å². The van der Waals surface area contributed by atoms with Crippen molar-refractivity contribution >= 4 is 34.7 Å². The van der Waals surface area contributed by atoms with Gasteiger partial charge in [-0.05, 0) is 17.7 Å². The van der Waals surface area contributed by atoms with Gasteiger partial charge in [-0.1, -0.05) is 54.6 Å². The Bertz CT molecular complexity index is 500. The van der Waals surface area contributed by atoms with E-state index in [0.29, 0.717) is 6.04 Å². The van der Waals surface area contributed by atoms with Gasteiger partial charge >= 0.3 is 0 Å². The number of rotatable bonds is 5. The smallest absolute Gasteiger partial charge is 0.178 e. The minimum Gasteiger partial charge on any atom is -0.310 e. The highest BCUT2D eigenvalue weighted by molar-refractivity contribution is 8.01. The number of hydrogen-bond acceptors (Lipinski definition) is 5. The normalized spacial score (nSPS) is 11.1. The van der Waals surface area contributed by atoms with Crippen molar-refractivity contribution in [3.8, 4) is 0 Å². The maximum absolute atomic E-state index is 6.27. The van der Waals surface area contributed by atoms with E-state index in [9.17, 15) is 0 Å². The van der Waals surface area contributed by atoms with E-state index in [1.807, 2.05) is 12.1 Å². The highest BCUT2D eigenvalue weighted by Gasteiger charge is 2.10. The Morgan fingerprint density at radius 3 is 2.94 bits per heavy atom. The summed E-state index contributed by atoms with van der Waals surface area (Å²) in [6.45, 7) is 5.00. The average Bonchev–Trinajstić information content (AvgIpc) is 2.81. The first-order valence-electron chi connectivity index (χ1n) is 5.61. The molecule has 1 N–H and O–H groups in total. The van der Waals surface area contributed by atoms with Crippen molar-refractivity contribution < 1.29 is 0 Å². The van der Waals surface area contributed by atoms with Gasteiger partial charge in [0, 0.05) is 22.5 Å². The summed E-state index contributed by atoms with van der Waals surface area (Å²) in [5, 5.41) is 12.1. The topological polar surface area (TPSA) is 37.8 Å². The van der Waals surface area contributed by atoms with Gasteiger partial charge in [-0.15, -0.1) is 10.2 Å². The predicted octanol–water partition coefficient (Wildman–Crippen LogP) is 3.84. The van der Waals surface area contributed by atoms with E-state index < -0.39 is 0 Å². The molecule has 0 radical (unpaired) electrons. The van der Waals surface area contributed by atoms with Gasteiger partial charge in [-0.3, -0.25) is 0 Å². The van der Waals surface area contributed by atoms with Gasteiger partial charge in [0.25, 0.3) is 0 Å². The molecule has 0 aliphatic heterocycles. The summed E-state index contributed by atoms with van der Waals surface area (Å²) < 4.78 is 0.933. The molecule has 0 atom stereocenters. The zero-order valence-electron chi connectivity index (χ0n) is 10.2. The molecule has 6 heteroatoms. The zero-order chi connectivity index (χ0) is 13.0. The Hall–Kier alpha value is -0.620. The largest absolute Gasteiger partial charge is 0.310 e. The summed E-state index contributed by atoms with van der Waals surface area (Å²) >= 11 is 9.41. The number of hydrogen-bond donors (Lipinski definition) is 1. The van der Waals surface area contributed by atoms with Crippen LogP contribution in [0, 0.1) is 0 Å². The summed E-state index contributed by atoms with van der Waals surface area (Å²) in [5.74, 6) is 0. The first kappa shape index (κ1) is 13.8. The Morgan fingerprint density at radius 2 is 2.28 bits per heavy atom. The van der Waals surface area contributed by atoms with E-state index in [2.05, 4.69) is 35.4 Å². The first-order valence-corrected chi connectivity index (χ1v) is 7.69. The molecule has 3 nitrogen and oxygen atoms in total. The summed E-state index contributed by atoms with van der Waals surface area (Å²) in [4.78, 5) is 1.13. The third-order valence-corrected chi connectivity index (χ3v) is 4.53. The Kier molecular flexibility index (Phi) is 5.00. The number of benzene rings is 1. The molecule has 0 saturated carbocycles. The molecular weight excluding hydrogens is 286 g/mol. The van der Waals surface area contributed by atoms with Crippen LogP contribution in [0.15, 0.2) is 32.9 Å². The van der Waals surface area contributed by atoms with Gasteiger partial charge in [0.05, 0.1) is 0 Å². The molecule has 96 valence electrons. The average molecular weight is 300 g/mol.